The van der Waals surface area contributed by atoms with Crippen molar-refractivity contribution >= 4 is 27.6 Å². The van der Waals surface area contributed by atoms with Crippen molar-refractivity contribution in [2.75, 3.05) is 0 Å². The van der Waals surface area contributed by atoms with Gasteiger partial charge in [-0.25, -0.2) is 0 Å². The minimum Gasteiger partial charge on any atom is -0.0642 e. The number of hydrogen-bond acceptors (Lipinski definition) is 0. The molecular formula is C26H27Br. The van der Waals surface area contributed by atoms with Gasteiger partial charge in [-0.1, -0.05) is 71.3 Å². The van der Waals surface area contributed by atoms with Crippen LogP contribution >= 0.6 is 15.9 Å². The zero-order valence-corrected chi connectivity index (χ0v) is 18.2. The van der Waals surface area contributed by atoms with Gasteiger partial charge in [-0.2, -0.15) is 0 Å². The lowest BCUT2D eigenvalue weighted by Crippen LogP contribution is -2.18. The number of fused-ring (bicyclic) bond motifs is 4. The predicted molar refractivity (Wildman–Crippen MR) is 119 cm³/mol. The summed E-state index contributed by atoms with van der Waals surface area (Å²) < 4.78 is 1.34. The Morgan fingerprint density at radius 1 is 0.926 bits per heavy atom. The van der Waals surface area contributed by atoms with Crippen LogP contribution in [0, 0.1) is 5.41 Å². The highest BCUT2D eigenvalue weighted by atomic mass is 79.9. The molecule has 0 saturated heterocycles. The van der Waals surface area contributed by atoms with Gasteiger partial charge in [0, 0.05) is 9.89 Å². The summed E-state index contributed by atoms with van der Waals surface area (Å²) in [4.78, 5) is 0. The van der Waals surface area contributed by atoms with Gasteiger partial charge in [-0.15, -0.1) is 0 Å². The van der Waals surface area contributed by atoms with Crippen LogP contribution in [0.5, 0.6) is 0 Å². The maximum Gasteiger partial charge on any atom is 0.0216 e. The van der Waals surface area contributed by atoms with Crippen molar-refractivity contribution in [3.8, 4) is 0 Å². The highest BCUT2D eigenvalue weighted by Crippen LogP contribution is 2.52. The van der Waals surface area contributed by atoms with Crippen LogP contribution in [-0.2, 0) is 25.7 Å². The summed E-state index contributed by atoms with van der Waals surface area (Å²) in [7, 11) is 0. The van der Waals surface area contributed by atoms with Crippen molar-refractivity contribution in [2.45, 2.75) is 59.3 Å². The second-order valence-corrected chi connectivity index (χ2v) is 9.91. The van der Waals surface area contributed by atoms with E-state index in [1.165, 1.54) is 46.8 Å². The van der Waals surface area contributed by atoms with Crippen LogP contribution in [0.25, 0.3) is 11.6 Å². The molecule has 0 aliphatic heterocycles. The van der Waals surface area contributed by atoms with Gasteiger partial charge >= 0.3 is 0 Å². The summed E-state index contributed by atoms with van der Waals surface area (Å²) in [5.74, 6) is 0. The highest BCUT2D eigenvalue weighted by molar-refractivity contribution is 9.10. The van der Waals surface area contributed by atoms with E-state index in [9.17, 15) is 0 Å². The minimum atomic E-state index is 0.0662. The second-order valence-electron chi connectivity index (χ2n) is 9.05. The van der Waals surface area contributed by atoms with E-state index in [1.807, 2.05) is 0 Å². The molecule has 0 nitrogen and oxygen atoms in total. The van der Waals surface area contributed by atoms with E-state index < -0.39 is 0 Å². The number of hydrogen-bond donors (Lipinski definition) is 0. The van der Waals surface area contributed by atoms with Gasteiger partial charge in [0.15, 0.2) is 0 Å². The minimum absolute atomic E-state index is 0.0662. The molecule has 0 spiro atoms. The van der Waals surface area contributed by atoms with Gasteiger partial charge in [-0.3, -0.25) is 0 Å². The summed E-state index contributed by atoms with van der Waals surface area (Å²) in [5, 5.41) is 0. The molecule has 0 N–H and O–H groups in total. The van der Waals surface area contributed by atoms with Crippen molar-refractivity contribution in [3.05, 3.63) is 79.3 Å². The average Bonchev–Trinajstić information content (AvgIpc) is 3.23. The summed E-state index contributed by atoms with van der Waals surface area (Å²) in [5.41, 5.74) is 14.0. The number of halogens is 1. The smallest absolute Gasteiger partial charge is 0.0216 e. The second kappa shape index (κ2) is 6.21. The first-order chi connectivity index (χ1) is 13.0. The third-order valence-electron chi connectivity index (χ3n) is 7.05. The lowest BCUT2D eigenvalue weighted by molar-refractivity contribution is 0.592. The summed E-state index contributed by atoms with van der Waals surface area (Å²) in [6, 6.07) is 11.3. The Hall–Kier alpha value is -1.60. The van der Waals surface area contributed by atoms with Crippen LogP contribution in [0.15, 0.2) is 46.0 Å². The van der Waals surface area contributed by atoms with Crippen molar-refractivity contribution in [1.29, 1.82) is 0 Å². The fourth-order valence-corrected chi connectivity index (χ4v) is 6.35. The Morgan fingerprint density at radius 2 is 1.67 bits per heavy atom. The molecule has 2 aromatic carbocycles. The van der Waals surface area contributed by atoms with E-state index in [4.69, 9.17) is 0 Å². The molecule has 1 heteroatoms. The summed E-state index contributed by atoms with van der Waals surface area (Å²) in [6.07, 6.45) is 9.84. The molecule has 3 aliphatic carbocycles. The van der Waals surface area contributed by atoms with Crippen LogP contribution in [0.3, 0.4) is 0 Å². The molecule has 0 amide bonds. The fourth-order valence-electron chi connectivity index (χ4n) is 5.69. The summed E-state index contributed by atoms with van der Waals surface area (Å²) >= 11 is 3.92. The maximum atomic E-state index is 3.92. The van der Waals surface area contributed by atoms with E-state index in [1.54, 1.807) is 33.4 Å². The van der Waals surface area contributed by atoms with Gasteiger partial charge in [0.1, 0.15) is 0 Å². The van der Waals surface area contributed by atoms with Crippen LogP contribution in [0.2, 0.25) is 0 Å². The first kappa shape index (κ1) is 17.5. The molecule has 0 saturated carbocycles. The van der Waals surface area contributed by atoms with Crippen molar-refractivity contribution < 1.29 is 0 Å². The Labute approximate surface area is 171 Å². The van der Waals surface area contributed by atoms with E-state index in [-0.39, 0.29) is 5.41 Å². The molecule has 5 rings (SSSR count). The zero-order chi connectivity index (χ0) is 18.8. The quantitative estimate of drug-likeness (QED) is 0.478. The summed E-state index contributed by atoms with van der Waals surface area (Å²) in [6.45, 7) is 7.24. The Kier molecular flexibility index (Phi) is 4.02. The number of allylic oxidation sites excluding steroid dienone is 3. The molecule has 0 heterocycles. The Morgan fingerprint density at radius 3 is 2.44 bits per heavy atom. The lowest BCUT2D eigenvalue weighted by Gasteiger charge is -2.31. The largest absolute Gasteiger partial charge is 0.0642 e. The van der Waals surface area contributed by atoms with Crippen molar-refractivity contribution in [1.82, 2.24) is 0 Å². The first-order valence-electron chi connectivity index (χ1n) is 10.3. The molecule has 2 aromatic rings. The van der Waals surface area contributed by atoms with Crippen LogP contribution in [-0.4, -0.2) is 0 Å². The molecule has 0 radical (unpaired) electrons. The van der Waals surface area contributed by atoms with Gasteiger partial charge in [0.2, 0.25) is 0 Å². The first-order valence-corrected chi connectivity index (χ1v) is 11.1. The Bertz CT molecular complexity index is 1020. The van der Waals surface area contributed by atoms with Gasteiger partial charge < -0.3 is 0 Å². The third kappa shape index (κ3) is 2.62. The average molecular weight is 419 g/mol. The van der Waals surface area contributed by atoms with Crippen molar-refractivity contribution in [2.24, 2.45) is 5.41 Å². The SMILES string of the molecule is CC1=C(C(C)(C)C2=Cc3ccccc3C2)c2cc(Br)c3c(c2C1)CCCC3. The number of benzene rings is 2. The molecule has 0 bridgehead atoms. The molecule has 27 heavy (non-hydrogen) atoms. The predicted octanol–water partition coefficient (Wildman–Crippen LogP) is 7.32. The van der Waals surface area contributed by atoms with Crippen LogP contribution in [0.1, 0.15) is 67.0 Å². The normalized spacial score (nSPS) is 18.3. The molecule has 0 atom stereocenters. The number of rotatable bonds is 2. The molecule has 3 aliphatic rings. The van der Waals surface area contributed by atoms with E-state index in [2.05, 4.69) is 73.1 Å². The molecular weight excluding hydrogens is 392 g/mol. The van der Waals surface area contributed by atoms with E-state index >= 15 is 0 Å². The van der Waals surface area contributed by atoms with E-state index in [0.717, 1.165) is 12.8 Å². The lowest BCUT2D eigenvalue weighted by atomic mass is 9.73. The standard InChI is InChI=1S/C26H27Br/c1-16-12-22-20-10-6-7-11-21(20)24(27)15-23(22)25(16)26(2,3)19-13-17-8-4-5-9-18(17)14-19/h4-5,8-9,13,15H,6-7,10-12,14H2,1-3H3. The molecule has 0 unspecified atom stereocenters. The van der Waals surface area contributed by atoms with Crippen LogP contribution in [0.4, 0.5) is 0 Å². The van der Waals surface area contributed by atoms with Crippen LogP contribution < -0.4 is 0 Å². The molecule has 0 aromatic heterocycles. The van der Waals surface area contributed by atoms with Gasteiger partial charge in [-0.05, 0) is 90.5 Å². The topological polar surface area (TPSA) is 0 Å². The molecule has 138 valence electrons. The maximum absolute atomic E-state index is 3.92. The van der Waals surface area contributed by atoms with Gasteiger partial charge in [0.25, 0.3) is 0 Å². The van der Waals surface area contributed by atoms with Crippen molar-refractivity contribution in [3.63, 3.8) is 0 Å². The van der Waals surface area contributed by atoms with E-state index in [0.29, 0.717) is 0 Å². The fraction of sp³-hybridized carbons (Fsp3) is 0.385. The zero-order valence-electron chi connectivity index (χ0n) is 16.6. The monoisotopic (exact) mass is 418 g/mol. The molecule has 0 fully saturated rings. The van der Waals surface area contributed by atoms with Gasteiger partial charge in [0.05, 0.1) is 0 Å². The highest BCUT2D eigenvalue weighted by Gasteiger charge is 2.37. The third-order valence-corrected chi connectivity index (χ3v) is 7.76. The Balaban J connectivity index is 1.61.